The number of amides is 1. The van der Waals surface area contributed by atoms with E-state index in [2.05, 4.69) is 4.74 Å². The van der Waals surface area contributed by atoms with Crippen LogP contribution >= 0.6 is 0 Å². The van der Waals surface area contributed by atoms with Gasteiger partial charge in [-0.2, -0.15) is 0 Å². The zero-order chi connectivity index (χ0) is 12.0. The summed E-state index contributed by atoms with van der Waals surface area (Å²) in [6.07, 6.45) is 0.0878. The zero-order valence-corrected chi connectivity index (χ0v) is 8.93. The van der Waals surface area contributed by atoms with Gasteiger partial charge in [0.25, 0.3) is 5.91 Å². The van der Waals surface area contributed by atoms with Crippen molar-refractivity contribution in [2.45, 2.75) is 6.42 Å². The Morgan fingerprint density at radius 3 is 2.75 bits per heavy atom. The summed E-state index contributed by atoms with van der Waals surface area (Å²) in [6, 6.07) is 7.05. The lowest BCUT2D eigenvalue weighted by Gasteiger charge is -2.04. The van der Waals surface area contributed by atoms with Crippen molar-refractivity contribution in [1.82, 2.24) is 0 Å². The van der Waals surface area contributed by atoms with Crippen molar-refractivity contribution in [2.24, 2.45) is 5.73 Å². The average Bonchev–Trinajstić information content (AvgIpc) is 2.26. The van der Waals surface area contributed by atoms with E-state index in [1.54, 1.807) is 31.4 Å². The quantitative estimate of drug-likeness (QED) is 0.726. The summed E-state index contributed by atoms with van der Waals surface area (Å²) in [5, 5.41) is 0. The Morgan fingerprint density at radius 2 is 2.12 bits per heavy atom. The number of carbonyl (C=O) groups excluding carboxylic acids is 2. The predicted molar refractivity (Wildman–Crippen MR) is 56.9 cm³/mol. The molecule has 5 nitrogen and oxygen atoms in total. The number of benzene rings is 1. The summed E-state index contributed by atoms with van der Waals surface area (Å²) in [5.74, 6) is -0.494. The van der Waals surface area contributed by atoms with E-state index in [9.17, 15) is 9.59 Å². The van der Waals surface area contributed by atoms with Crippen LogP contribution in [-0.2, 0) is 20.7 Å². The van der Waals surface area contributed by atoms with Crippen molar-refractivity contribution >= 4 is 11.9 Å². The number of rotatable bonds is 5. The fourth-order valence-electron chi connectivity index (χ4n) is 1.15. The summed E-state index contributed by atoms with van der Waals surface area (Å²) in [4.78, 5) is 21.6. The minimum atomic E-state index is -0.668. The number of hydrogen-bond donors (Lipinski definition) is 1. The Bertz CT molecular complexity index is 389. The van der Waals surface area contributed by atoms with Gasteiger partial charge in [-0.3, -0.25) is 9.59 Å². The maximum absolute atomic E-state index is 11.2. The Balaban J connectivity index is 2.52. The summed E-state index contributed by atoms with van der Waals surface area (Å²) < 4.78 is 9.63. The number of methoxy groups -OCH3 is 1. The summed E-state index contributed by atoms with van der Waals surface area (Å²) in [6.45, 7) is -0.386. The number of nitrogens with two attached hydrogens (primary N) is 1. The molecule has 0 aromatic heterocycles. The molecule has 0 fully saturated rings. The van der Waals surface area contributed by atoms with Crippen LogP contribution in [-0.4, -0.2) is 25.6 Å². The fraction of sp³-hybridized carbons (Fsp3) is 0.273. The van der Waals surface area contributed by atoms with Gasteiger partial charge in [0.1, 0.15) is 5.75 Å². The van der Waals surface area contributed by atoms with Gasteiger partial charge in [0.15, 0.2) is 6.61 Å². The molecule has 86 valence electrons. The number of ether oxygens (including phenoxy) is 2. The third-order valence-electron chi connectivity index (χ3n) is 1.86. The maximum Gasteiger partial charge on any atom is 0.310 e. The van der Waals surface area contributed by atoms with Gasteiger partial charge >= 0.3 is 5.97 Å². The van der Waals surface area contributed by atoms with Gasteiger partial charge in [-0.05, 0) is 17.7 Å². The lowest BCUT2D eigenvalue weighted by atomic mass is 10.1. The third-order valence-corrected chi connectivity index (χ3v) is 1.86. The van der Waals surface area contributed by atoms with Crippen molar-refractivity contribution in [3.63, 3.8) is 0 Å². The van der Waals surface area contributed by atoms with Gasteiger partial charge in [0, 0.05) is 0 Å². The second-order valence-corrected chi connectivity index (χ2v) is 3.16. The highest BCUT2D eigenvalue weighted by molar-refractivity contribution is 5.79. The molecule has 0 bridgehead atoms. The van der Waals surface area contributed by atoms with Crippen molar-refractivity contribution in [2.75, 3.05) is 13.7 Å². The van der Waals surface area contributed by atoms with Crippen LogP contribution in [0.25, 0.3) is 0 Å². The molecule has 1 rings (SSSR count). The molecule has 0 atom stereocenters. The van der Waals surface area contributed by atoms with Crippen LogP contribution in [0.15, 0.2) is 24.3 Å². The smallest absolute Gasteiger partial charge is 0.310 e. The molecule has 1 aromatic rings. The molecule has 1 aromatic carbocycles. The van der Waals surface area contributed by atoms with E-state index in [0.717, 1.165) is 5.56 Å². The molecule has 0 aliphatic carbocycles. The van der Waals surface area contributed by atoms with E-state index >= 15 is 0 Å². The maximum atomic E-state index is 11.2. The van der Waals surface area contributed by atoms with Crippen LogP contribution in [0.1, 0.15) is 5.56 Å². The molecule has 0 aliphatic heterocycles. The first kappa shape index (κ1) is 12.0. The molecule has 0 radical (unpaired) electrons. The van der Waals surface area contributed by atoms with E-state index in [4.69, 9.17) is 10.5 Å². The van der Waals surface area contributed by atoms with Crippen molar-refractivity contribution in [1.29, 1.82) is 0 Å². The van der Waals surface area contributed by atoms with Gasteiger partial charge in [0.05, 0.1) is 13.5 Å². The van der Waals surface area contributed by atoms with E-state index in [1.165, 1.54) is 0 Å². The molecular weight excluding hydrogens is 210 g/mol. The molecule has 16 heavy (non-hydrogen) atoms. The van der Waals surface area contributed by atoms with E-state index in [0.29, 0.717) is 5.75 Å². The Labute approximate surface area is 93.1 Å². The molecule has 5 heteroatoms. The number of hydrogen-bond acceptors (Lipinski definition) is 4. The summed E-state index contributed by atoms with van der Waals surface area (Å²) in [5.41, 5.74) is 5.60. The average molecular weight is 223 g/mol. The standard InChI is InChI=1S/C11H13NO4/c1-15-9-4-2-3-8(5-9)6-11(14)16-7-10(12)13/h2-5H,6-7H2,1H3,(H2,12,13). The molecule has 0 saturated heterocycles. The molecule has 1 amide bonds. The fourth-order valence-corrected chi connectivity index (χ4v) is 1.15. The SMILES string of the molecule is COc1cccc(CC(=O)OCC(N)=O)c1. The van der Waals surface area contributed by atoms with Crippen LogP contribution in [0.4, 0.5) is 0 Å². The number of carbonyl (C=O) groups is 2. The molecule has 2 N–H and O–H groups in total. The third kappa shape index (κ3) is 4.00. The number of esters is 1. The van der Waals surface area contributed by atoms with Crippen LogP contribution in [0.3, 0.4) is 0 Å². The Morgan fingerprint density at radius 1 is 1.38 bits per heavy atom. The molecule has 0 saturated carbocycles. The van der Waals surface area contributed by atoms with Crippen LogP contribution in [0.2, 0.25) is 0 Å². The molecule has 0 heterocycles. The monoisotopic (exact) mass is 223 g/mol. The minimum absolute atomic E-state index is 0.0878. The van der Waals surface area contributed by atoms with Crippen molar-refractivity contribution in [3.8, 4) is 5.75 Å². The second-order valence-electron chi connectivity index (χ2n) is 3.16. The van der Waals surface area contributed by atoms with Gasteiger partial charge < -0.3 is 15.2 Å². The van der Waals surface area contributed by atoms with Crippen molar-refractivity contribution < 1.29 is 19.1 Å². The number of primary amides is 1. The minimum Gasteiger partial charge on any atom is -0.497 e. The molecular formula is C11H13NO4. The van der Waals surface area contributed by atoms with Gasteiger partial charge in [0.2, 0.25) is 0 Å². The molecule has 0 unspecified atom stereocenters. The largest absolute Gasteiger partial charge is 0.497 e. The highest BCUT2D eigenvalue weighted by Gasteiger charge is 2.06. The topological polar surface area (TPSA) is 78.6 Å². The molecule has 0 aliphatic rings. The van der Waals surface area contributed by atoms with Gasteiger partial charge in [-0.25, -0.2) is 0 Å². The first-order chi connectivity index (χ1) is 7.61. The second kappa shape index (κ2) is 5.75. The lowest BCUT2D eigenvalue weighted by molar-refractivity contribution is -0.147. The first-order valence-corrected chi connectivity index (χ1v) is 4.68. The van der Waals surface area contributed by atoms with Crippen LogP contribution in [0, 0.1) is 0 Å². The van der Waals surface area contributed by atoms with Gasteiger partial charge in [-0.15, -0.1) is 0 Å². The Hall–Kier alpha value is -2.04. The highest BCUT2D eigenvalue weighted by Crippen LogP contribution is 2.13. The van der Waals surface area contributed by atoms with Gasteiger partial charge in [-0.1, -0.05) is 12.1 Å². The van der Waals surface area contributed by atoms with Crippen LogP contribution in [0.5, 0.6) is 5.75 Å². The van der Waals surface area contributed by atoms with E-state index in [-0.39, 0.29) is 13.0 Å². The van der Waals surface area contributed by atoms with E-state index in [1.807, 2.05) is 0 Å². The predicted octanol–water partition coefficient (Wildman–Crippen LogP) is 0.266. The summed E-state index contributed by atoms with van der Waals surface area (Å²) >= 11 is 0. The zero-order valence-electron chi connectivity index (χ0n) is 8.93. The summed E-state index contributed by atoms with van der Waals surface area (Å²) in [7, 11) is 1.55. The van der Waals surface area contributed by atoms with E-state index < -0.39 is 11.9 Å². The Kier molecular flexibility index (Phi) is 4.32. The normalized spacial score (nSPS) is 9.56. The highest BCUT2D eigenvalue weighted by atomic mass is 16.5. The van der Waals surface area contributed by atoms with Crippen LogP contribution < -0.4 is 10.5 Å². The first-order valence-electron chi connectivity index (χ1n) is 4.68. The van der Waals surface area contributed by atoms with Crippen molar-refractivity contribution in [3.05, 3.63) is 29.8 Å². The lowest BCUT2D eigenvalue weighted by Crippen LogP contribution is -2.21. The molecule has 0 spiro atoms.